The Morgan fingerprint density at radius 2 is 1.44 bits per heavy atom. The van der Waals surface area contributed by atoms with E-state index >= 15 is 0 Å². The van der Waals surface area contributed by atoms with E-state index in [1.54, 1.807) is 0 Å². The smallest absolute Gasteiger partial charge is 0.0261 e. The van der Waals surface area contributed by atoms with Gasteiger partial charge in [0.15, 0.2) is 0 Å². The van der Waals surface area contributed by atoms with E-state index in [9.17, 15) is 0 Å². The number of hydrogen-bond donors (Lipinski definition) is 0. The van der Waals surface area contributed by atoms with Gasteiger partial charge in [0.05, 0.1) is 0 Å². The molecule has 0 saturated heterocycles. The van der Waals surface area contributed by atoms with Gasteiger partial charge in [0, 0.05) is 17.8 Å². The molecule has 0 spiro atoms. The van der Waals surface area contributed by atoms with Gasteiger partial charge in [-0.05, 0) is 45.4 Å². The standard InChI is InChI=1S/C15H31N/c1-11(2)9-10-14(7)16(13(5)6)15(8)12(3)4/h11-14H,8-10H2,1-7H3. The van der Waals surface area contributed by atoms with Crippen LogP contribution in [0.2, 0.25) is 0 Å². The molecule has 0 aliphatic carbocycles. The van der Waals surface area contributed by atoms with Gasteiger partial charge in [0.1, 0.15) is 0 Å². The maximum atomic E-state index is 4.25. The minimum Gasteiger partial charge on any atom is -0.370 e. The van der Waals surface area contributed by atoms with Gasteiger partial charge < -0.3 is 4.90 Å². The summed E-state index contributed by atoms with van der Waals surface area (Å²) in [5.41, 5.74) is 1.28. The third kappa shape index (κ3) is 5.05. The molecule has 0 amide bonds. The van der Waals surface area contributed by atoms with Gasteiger partial charge in [-0.1, -0.05) is 34.3 Å². The monoisotopic (exact) mass is 225 g/mol. The van der Waals surface area contributed by atoms with Crippen LogP contribution in [-0.4, -0.2) is 17.0 Å². The molecular weight excluding hydrogens is 194 g/mol. The van der Waals surface area contributed by atoms with E-state index in [2.05, 4.69) is 59.9 Å². The topological polar surface area (TPSA) is 3.24 Å². The summed E-state index contributed by atoms with van der Waals surface area (Å²) in [5.74, 6) is 1.34. The van der Waals surface area contributed by atoms with E-state index < -0.39 is 0 Å². The maximum absolute atomic E-state index is 4.25. The SMILES string of the molecule is C=C(C(C)C)N(C(C)C)C(C)CCC(C)C. The Balaban J connectivity index is 4.47. The van der Waals surface area contributed by atoms with Gasteiger partial charge in [-0.15, -0.1) is 0 Å². The van der Waals surface area contributed by atoms with Crippen molar-refractivity contribution in [2.75, 3.05) is 0 Å². The minimum absolute atomic E-state index is 0.545. The first kappa shape index (κ1) is 15.5. The summed E-state index contributed by atoms with van der Waals surface area (Å²) in [5, 5.41) is 0. The van der Waals surface area contributed by atoms with Gasteiger partial charge >= 0.3 is 0 Å². The van der Waals surface area contributed by atoms with Crippen molar-refractivity contribution in [3.63, 3.8) is 0 Å². The molecule has 96 valence electrons. The van der Waals surface area contributed by atoms with Crippen molar-refractivity contribution in [3.8, 4) is 0 Å². The molecule has 0 aliphatic rings. The Kier molecular flexibility index (Phi) is 6.78. The van der Waals surface area contributed by atoms with Gasteiger partial charge in [-0.2, -0.15) is 0 Å². The number of allylic oxidation sites excluding steroid dienone is 1. The molecule has 0 aromatic rings. The van der Waals surface area contributed by atoms with Crippen molar-refractivity contribution in [1.29, 1.82) is 0 Å². The van der Waals surface area contributed by atoms with Gasteiger partial charge in [0.2, 0.25) is 0 Å². The summed E-state index contributed by atoms with van der Waals surface area (Å²) in [6, 6.07) is 1.16. The highest BCUT2D eigenvalue weighted by Gasteiger charge is 2.20. The molecule has 0 aliphatic heterocycles. The molecular formula is C15H31N. The van der Waals surface area contributed by atoms with Crippen LogP contribution in [0.15, 0.2) is 12.3 Å². The molecule has 0 aromatic heterocycles. The normalized spacial score (nSPS) is 13.6. The van der Waals surface area contributed by atoms with Crippen LogP contribution in [0.25, 0.3) is 0 Å². The second-order valence-corrected chi connectivity index (χ2v) is 5.97. The van der Waals surface area contributed by atoms with Crippen LogP contribution in [0.5, 0.6) is 0 Å². The lowest BCUT2D eigenvalue weighted by Gasteiger charge is -2.38. The highest BCUT2D eigenvalue weighted by molar-refractivity contribution is 5.00. The lowest BCUT2D eigenvalue weighted by molar-refractivity contribution is 0.185. The number of nitrogens with zero attached hydrogens (tertiary/aromatic N) is 1. The molecule has 16 heavy (non-hydrogen) atoms. The van der Waals surface area contributed by atoms with Crippen LogP contribution >= 0.6 is 0 Å². The largest absolute Gasteiger partial charge is 0.370 e. The minimum atomic E-state index is 0.545. The Hall–Kier alpha value is -0.460. The lowest BCUT2D eigenvalue weighted by atomic mass is 10.00. The third-order valence-electron chi connectivity index (χ3n) is 3.19. The molecule has 0 N–H and O–H groups in total. The fourth-order valence-corrected chi connectivity index (χ4v) is 2.14. The summed E-state index contributed by atoms with van der Waals surface area (Å²) < 4.78 is 0. The van der Waals surface area contributed by atoms with E-state index in [1.807, 2.05) is 0 Å². The van der Waals surface area contributed by atoms with Crippen LogP contribution in [-0.2, 0) is 0 Å². The van der Waals surface area contributed by atoms with E-state index in [-0.39, 0.29) is 0 Å². The lowest BCUT2D eigenvalue weighted by Crippen LogP contribution is -2.39. The second-order valence-electron chi connectivity index (χ2n) is 5.97. The highest BCUT2D eigenvalue weighted by atomic mass is 15.2. The fourth-order valence-electron chi connectivity index (χ4n) is 2.14. The Labute approximate surface area is 103 Å². The van der Waals surface area contributed by atoms with E-state index in [0.717, 1.165) is 5.92 Å². The summed E-state index contributed by atoms with van der Waals surface area (Å²) in [4.78, 5) is 2.49. The van der Waals surface area contributed by atoms with Crippen molar-refractivity contribution >= 4 is 0 Å². The molecule has 1 heteroatoms. The van der Waals surface area contributed by atoms with E-state index in [1.165, 1.54) is 18.5 Å². The van der Waals surface area contributed by atoms with Crippen LogP contribution in [0.4, 0.5) is 0 Å². The quantitative estimate of drug-likeness (QED) is 0.607. The first-order valence-electron chi connectivity index (χ1n) is 6.74. The molecule has 0 radical (unpaired) electrons. The van der Waals surface area contributed by atoms with Crippen LogP contribution < -0.4 is 0 Å². The molecule has 0 rings (SSSR count). The van der Waals surface area contributed by atoms with Crippen LogP contribution in [0.3, 0.4) is 0 Å². The second kappa shape index (κ2) is 6.98. The third-order valence-corrected chi connectivity index (χ3v) is 3.19. The van der Waals surface area contributed by atoms with Crippen LogP contribution in [0, 0.1) is 11.8 Å². The molecule has 0 aromatic carbocycles. The number of hydrogen-bond acceptors (Lipinski definition) is 1. The zero-order valence-corrected chi connectivity index (χ0v) is 12.4. The molecule has 0 fully saturated rings. The summed E-state index contributed by atoms with van der Waals surface area (Å²) in [6.45, 7) is 20.2. The maximum Gasteiger partial charge on any atom is 0.0261 e. The fraction of sp³-hybridized carbons (Fsp3) is 0.867. The van der Waals surface area contributed by atoms with Crippen molar-refractivity contribution in [2.45, 2.75) is 73.4 Å². The van der Waals surface area contributed by atoms with Crippen molar-refractivity contribution < 1.29 is 0 Å². The summed E-state index contributed by atoms with van der Waals surface area (Å²) in [7, 11) is 0. The Morgan fingerprint density at radius 1 is 0.938 bits per heavy atom. The van der Waals surface area contributed by atoms with Crippen molar-refractivity contribution in [1.82, 2.24) is 4.90 Å². The molecule has 0 heterocycles. The molecule has 1 unspecified atom stereocenters. The number of rotatable bonds is 7. The van der Waals surface area contributed by atoms with Gasteiger partial charge in [-0.3, -0.25) is 0 Å². The Morgan fingerprint density at radius 3 is 1.75 bits per heavy atom. The van der Waals surface area contributed by atoms with Gasteiger partial charge in [0.25, 0.3) is 0 Å². The van der Waals surface area contributed by atoms with E-state index in [4.69, 9.17) is 0 Å². The van der Waals surface area contributed by atoms with Crippen molar-refractivity contribution in [3.05, 3.63) is 12.3 Å². The average molecular weight is 225 g/mol. The zero-order valence-electron chi connectivity index (χ0n) is 12.4. The highest BCUT2D eigenvalue weighted by Crippen LogP contribution is 2.22. The molecule has 1 nitrogen and oxygen atoms in total. The van der Waals surface area contributed by atoms with Gasteiger partial charge in [-0.25, -0.2) is 0 Å². The predicted octanol–water partition coefficient (Wildman–Crippen LogP) is 4.69. The Bertz CT molecular complexity index is 203. The summed E-state index contributed by atoms with van der Waals surface area (Å²) in [6.07, 6.45) is 2.57. The molecule has 0 bridgehead atoms. The molecule has 0 saturated carbocycles. The van der Waals surface area contributed by atoms with Crippen LogP contribution in [0.1, 0.15) is 61.3 Å². The first-order valence-corrected chi connectivity index (χ1v) is 6.74. The van der Waals surface area contributed by atoms with E-state index in [0.29, 0.717) is 18.0 Å². The predicted molar refractivity (Wildman–Crippen MR) is 74.5 cm³/mol. The van der Waals surface area contributed by atoms with Crippen molar-refractivity contribution in [2.24, 2.45) is 11.8 Å². The summed E-state index contributed by atoms with van der Waals surface area (Å²) >= 11 is 0. The average Bonchev–Trinajstić information content (AvgIpc) is 2.13. The molecule has 1 atom stereocenters. The first-order chi connectivity index (χ1) is 7.27. The zero-order chi connectivity index (χ0) is 12.9.